The van der Waals surface area contributed by atoms with Crippen LogP contribution in [-0.2, 0) is 19.1 Å². The number of ether oxygens (including phenoxy) is 2. The minimum Gasteiger partial charge on any atom is -0.457 e. The summed E-state index contributed by atoms with van der Waals surface area (Å²) in [6, 6.07) is 0. The highest BCUT2D eigenvalue weighted by molar-refractivity contribution is 5.80. The van der Waals surface area contributed by atoms with Gasteiger partial charge in [0.15, 0.2) is 6.61 Å². The molecule has 0 heterocycles. The van der Waals surface area contributed by atoms with E-state index in [1.165, 1.54) is 0 Å². The summed E-state index contributed by atoms with van der Waals surface area (Å²) in [5.41, 5.74) is -0.631. The minimum atomic E-state index is -0.573. The molecule has 1 rings (SSSR count). The Morgan fingerprint density at radius 3 is 1.92 bits per heavy atom. The maximum Gasteiger partial charge on any atom is 0.344 e. The molecule has 0 aliphatic heterocycles. The van der Waals surface area contributed by atoms with Gasteiger partial charge in [-0.15, -0.1) is 0 Å². The van der Waals surface area contributed by atoms with Gasteiger partial charge in [-0.25, -0.2) is 4.79 Å². The molecule has 0 bridgehead atoms. The lowest BCUT2D eigenvalue weighted by molar-refractivity contribution is -0.177. The molecule has 1 saturated carbocycles. The van der Waals surface area contributed by atoms with Crippen LogP contribution in [0.3, 0.4) is 0 Å². The normalized spacial score (nSPS) is 28.9. The SMILES string of the molecule is CCC1(C)CCC(C)(OC(=O)COC(=O)C(C)(CC)CC(C)(C)C)CC1. The Morgan fingerprint density at radius 2 is 1.50 bits per heavy atom. The van der Waals surface area contributed by atoms with Crippen LogP contribution in [0.1, 0.15) is 100 Å². The van der Waals surface area contributed by atoms with Crippen LogP contribution in [0.15, 0.2) is 0 Å². The van der Waals surface area contributed by atoms with Crippen molar-refractivity contribution in [3.63, 3.8) is 0 Å². The zero-order valence-electron chi connectivity index (χ0n) is 18.3. The van der Waals surface area contributed by atoms with Gasteiger partial charge in [0, 0.05) is 0 Å². The summed E-state index contributed by atoms with van der Waals surface area (Å²) >= 11 is 0. The van der Waals surface area contributed by atoms with Crippen molar-refractivity contribution >= 4 is 11.9 Å². The molecule has 1 fully saturated rings. The summed E-state index contributed by atoms with van der Waals surface area (Å²) in [6.07, 6.45) is 6.42. The smallest absolute Gasteiger partial charge is 0.344 e. The third-order valence-electron chi connectivity index (χ3n) is 6.24. The summed E-state index contributed by atoms with van der Waals surface area (Å²) in [7, 11) is 0. The van der Waals surface area contributed by atoms with Crippen LogP contribution in [0.2, 0.25) is 0 Å². The lowest BCUT2D eigenvalue weighted by Crippen LogP contribution is -2.41. The van der Waals surface area contributed by atoms with Gasteiger partial charge in [-0.05, 0) is 63.2 Å². The second kappa shape index (κ2) is 8.31. The molecule has 0 saturated heterocycles. The molecule has 0 N–H and O–H groups in total. The molecule has 0 aromatic heterocycles. The molecule has 1 unspecified atom stereocenters. The molecule has 1 aliphatic rings. The minimum absolute atomic E-state index is 0.0196. The van der Waals surface area contributed by atoms with E-state index in [9.17, 15) is 9.59 Å². The monoisotopic (exact) mass is 368 g/mol. The van der Waals surface area contributed by atoms with Crippen LogP contribution >= 0.6 is 0 Å². The predicted molar refractivity (Wildman–Crippen MR) is 105 cm³/mol. The molecule has 0 spiro atoms. The highest BCUT2D eigenvalue weighted by Crippen LogP contribution is 2.44. The van der Waals surface area contributed by atoms with Crippen LogP contribution < -0.4 is 0 Å². The van der Waals surface area contributed by atoms with E-state index in [0.29, 0.717) is 11.8 Å². The highest BCUT2D eigenvalue weighted by atomic mass is 16.6. The highest BCUT2D eigenvalue weighted by Gasteiger charge is 2.40. The van der Waals surface area contributed by atoms with Crippen LogP contribution in [0.25, 0.3) is 0 Å². The fourth-order valence-electron chi connectivity index (χ4n) is 3.95. The van der Waals surface area contributed by atoms with Gasteiger partial charge in [0.05, 0.1) is 5.41 Å². The van der Waals surface area contributed by atoms with Gasteiger partial charge in [0.1, 0.15) is 5.60 Å². The van der Waals surface area contributed by atoms with Crippen molar-refractivity contribution in [2.24, 2.45) is 16.2 Å². The van der Waals surface area contributed by atoms with Gasteiger partial charge in [-0.2, -0.15) is 0 Å². The Kier molecular flexibility index (Phi) is 7.34. The summed E-state index contributed by atoms with van der Waals surface area (Å²) in [6.45, 7) is 16.5. The van der Waals surface area contributed by atoms with Crippen LogP contribution in [0, 0.1) is 16.2 Å². The van der Waals surface area contributed by atoms with E-state index in [4.69, 9.17) is 9.47 Å². The molecular formula is C22H40O4. The first kappa shape index (κ1) is 23.0. The zero-order chi connectivity index (χ0) is 20.2. The van der Waals surface area contributed by atoms with Crippen LogP contribution in [-0.4, -0.2) is 24.1 Å². The third kappa shape index (κ3) is 6.59. The van der Waals surface area contributed by atoms with E-state index in [-0.39, 0.29) is 18.0 Å². The molecule has 152 valence electrons. The molecule has 0 radical (unpaired) electrons. The number of hydrogen-bond donors (Lipinski definition) is 0. The van der Waals surface area contributed by atoms with Crippen molar-refractivity contribution in [3.05, 3.63) is 0 Å². The van der Waals surface area contributed by atoms with Gasteiger partial charge < -0.3 is 9.47 Å². The number of rotatable bonds is 7. The first-order valence-corrected chi connectivity index (χ1v) is 10.2. The Labute approximate surface area is 160 Å². The third-order valence-corrected chi connectivity index (χ3v) is 6.24. The van der Waals surface area contributed by atoms with Crippen molar-refractivity contribution in [3.8, 4) is 0 Å². The average molecular weight is 369 g/mol. The molecule has 4 nitrogen and oxygen atoms in total. The lowest BCUT2D eigenvalue weighted by Gasteiger charge is -2.42. The van der Waals surface area contributed by atoms with Gasteiger partial charge >= 0.3 is 11.9 Å². The Morgan fingerprint density at radius 1 is 0.962 bits per heavy atom. The quantitative estimate of drug-likeness (QED) is 0.543. The summed E-state index contributed by atoms with van der Waals surface area (Å²) < 4.78 is 11.0. The van der Waals surface area contributed by atoms with E-state index in [2.05, 4.69) is 34.6 Å². The fraction of sp³-hybridized carbons (Fsp3) is 0.909. The maximum atomic E-state index is 12.5. The molecular weight excluding hydrogens is 328 g/mol. The van der Waals surface area contributed by atoms with Crippen molar-refractivity contribution in [1.82, 2.24) is 0 Å². The van der Waals surface area contributed by atoms with Gasteiger partial charge in [0.2, 0.25) is 0 Å². The van der Waals surface area contributed by atoms with E-state index in [1.54, 1.807) is 0 Å². The van der Waals surface area contributed by atoms with E-state index in [0.717, 1.165) is 38.5 Å². The summed E-state index contributed by atoms with van der Waals surface area (Å²) in [4.78, 5) is 24.8. The molecule has 0 aromatic rings. The van der Waals surface area contributed by atoms with Crippen molar-refractivity contribution in [1.29, 1.82) is 0 Å². The van der Waals surface area contributed by atoms with Gasteiger partial charge in [-0.1, -0.05) is 48.0 Å². The van der Waals surface area contributed by atoms with Crippen LogP contribution in [0.4, 0.5) is 0 Å². The Hall–Kier alpha value is -1.06. The van der Waals surface area contributed by atoms with Crippen LogP contribution in [0.5, 0.6) is 0 Å². The van der Waals surface area contributed by atoms with E-state index < -0.39 is 17.0 Å². The molecule has 4 heteroatoms. The number of carbonyl (C=O) groups is 2. The average Bonchev–Trinajstić information content (AvgIpc) is 2.54. The number of hydrogen-bond acceptors (Lipinski definition) is 4. The second-order valence-corrected chi connectivity index (χ2v) is 10.3. The fourth-order valence-corrected chi connectivity index (χ4v) is 3.95. The van der Waals surface area contributed by atoms with Gasteiger partial charge in [-0.3, -0.25) is 4.79 Å². The largest absolute Gasteiger partial charge is 0.457 e. The molecule has 0 amide bonds. The van der Waals surface area contributed by atoms with E-state index in [1.807, 2.05) is 20.8 Å². The van der Waals surface area contributed by atoms with Crippen molar-refractivity contribution in [2.75, 3.05) is 6.61 Å². The molecule has 0 aromatic carbocycles. The van der Waals surface area contributed by atoms with Crippen molar-refractivity contribution in [2.45, 2.75) is 106 Å². The first-order chi connectivity index (χ1) is 11.8. The first-order valence-electron chi connectivity index (χ1n) is 10.2. The van der Waals surface area contributed by atoms with Gasteiger partial charge in [0.25, 0.3) is 0 Å². The Balaban J connectivity index is 2.54. The Bertz CT molecular complexity index is 495. The molecule has 1 atom stereocenters. The zero-order valence-corrected chi connectivity index (χ0v) is 18.3. The van der Waals surface area contributed by atoms with Crippen molar-refractivity contribution < 1.29 is 19.1 Å². The lowest BCUT2D eigenvalue weighted by atomic mass is 9.69. The summed E-state index contributed by atoms with van der Waals surface area (Å²) in [5.74, 6) is -0.741. The molecule has 1 aliphatic carbocycles. The topological polar surface area (TPSA) is 52.6 Å². The molecule has 26 heavy (non-hydrogen) atoms. The number of esters is 2. The number of carbonyl (C=O) groups excluding carboxylic acids is 2. The van der Waals surface area contributed by atoms with E-state index >= 15 is 0 Å². The standard InChI is InChI=1S/C22H40O4/c1-9-20(6)11-13-22(8,14-12-20)26-17(23)15-25-18(24)21(7,10-2)16-19(3,4)5/h9-16H2,1-8H3. The maximum absolute atomic E-state index is 12.5. The predicted octanol–water partition coefficient (Wildman–Crippen LogP) is 5.67. The summed E-state index contributed by atoms with van der Waals surface area (Å²) in [5, 5.41) is 0. The second-order valence-electron chi connectivity index (χ2n) is 10.3.